The van der Waals surface area contributed by atoms with Crippen molar-refractivity contribution in [3.05, 3.63) is 68.8 Å². The molecule has 7 heteroatoms. The standard InChI is InChI=1S/C21H18ClN3O2S/c22-16-6-7-18-17(12-16)25(20(27)28-18)13-19(26)24-10-8-21(14-23,9-11-24)15-4-2-1-3-5-15/h1-7,12H,8-11,13H2. The average molecular weight is 412 g/mol. The van der Waals surface area contributed by atoms with Gasteiger partial charge in [-0.3, -0.25) is 14.2 Å². The van der Waals surface area contributed by atoms with E-state index in [0.717, 1.165) is 21.6 Å². The molecule has 0 spiro atoms. The van der Waals surface area contributed by atoms with Gasteiger partial charge in [0.2, 0.25) is 5.91 Å². The van der Waals surface area contributed by atoms with Crippen LogP contribution in [0.15, 0.2) is 53.3 Å². The van der Waals surface area contributed by atoms with E-state index in [0.29, 0.717) is 36.5 Å². The number of nitrogens with zero attached hydrogens (tertiary/aromatic N) is 3. The monoisotopic (exact) mass is 411 g/mol. The van der Waals surface area contributed by atoms with Crippen molar-refractivity contribution in [2.24, 2.45) is 0 Å². The van der Waals surface area contributed by atoms with Gasteiger partial charge in [-0.05, 0) is 36.6 Å². The van der Waals surface area contributed by atoms with E-state index in [1.54, 1.807) is 23.1 Å². The van der Waals surface area contributed by atoms with Crippen LogP contribution in [0.25, 0.3) is 10.2 Å². The maximum atomic E-state index is 12.8. The summed E-state index contributed by atoms with van der Waals surface area (Å²) in [6.07, 6.45) is 1.18. The predicted molar refractivity (Wildman–Crippen MR) is 111 cm³/mol. The Morgan fingerprint density at radius 1 is 1.18 bits per heavy atom. The smallest absolute Gasteiger partial charge is 0.308 e. The summed E-state index contributed by atoms with van der Waals surface area (Å²) < 4.78 is 2.30. The van der Waals surface area contributed by atoms with Crippen molar-refractivity contribution in [1.82, 2.24) is 9.47 Å². The first-order valence-corrected chi connectivity index (χ1v) is 10.3. The fourth-order valence-electron chi connectivity index (χ4n) is 3.78. The third-order valence-electron chi connectivity index (χ3n) is 5.43. The minimum absolute atomic E-state index is 0.00986. The van der Waals surface area contributed by atoms with Gasteiger partial charge < -0.3 is 4.90 Å². The van der Waals surface area contributed by atoms with Gasteiger partial charge in [-0.2, -0.15) is 5.26 Å². The summed E-state index contributed by atoms with van der Waals surface area (Å²) >= 11 is 7.17. The van der Waals surface area contributed by atoms with E-state index in [1.165, 1.54) is 4.57 Å². The van der Waals surface area contributed by atoms with Gasteiger partial charge in [-0.15, -0.1) is 0 Å². The van der Waals surface area contributed by atoms with Crippen molar-refractivity contribution < 1.29 is 4.79 Å². The highest BCUT2D eigenvalue weighted by atomic mass is 35.5. The Morgan fingerprint density at radius 3 is 2.57 bits per heavy atom. The van der Waals surface area contributed by atoms with Gasteiger partial charge in [0.05, 0.1) is 21.7 Å². The van der Waals surface area contributed by atoms with Crippen molar-refractivity contribution in [1.29, 1.82) is 5.26 Å². The Hall–Kier alpha value is -2.62. The summed E-state index contributed by atoms with van der Waals surface area (Å²) in [7, 11) is 0. The molecule has 28 heavy (non-hydrogen) atoms. The quantitative estimate of drug-likeness (QED) is 0.658. The maximum Gasteiger partial charge on any atom is 0.308 e. The maximum absolute atomic E-state index is 12.8. The lowest BCUT2D eigenvalue weighted by molar-refractivity contribution is -0.133. The second kappa shape index (κ2) is 7.42. The molecule has 0 atom stereocenters. The Morgan fingerprint density at radius 2 is 1.89 bits per heavy atom. The first-order chi connectivity index (χ1) is 13.5. The number of benzene rings is 2. The largest absolute Gasteiger partial charge is 0.341 e. The van der Waals surface area contributed by atoms with Gasteiger partial charge >= 0.3 is 4.87 Å². The summed E-state index contributed by atoms with van der Waals surface area (Å²) in [5.41, 5.74) is 1.13. The molecule has 2 heterocycles. The van der Waals surface area contributed by atoms with E-state index < -0.39 is 5.41 Å². The number of rotatable bonds is 3. The number of piperidine rings is 1. The fraction of sp³-hybridized carbons (Fsp3) is 0.286. The highest BCUT2D eigenvalue weighted by molar-refractivity contribution is 7.16. The number of amides is 1. The lowest BCUT2D eigenvalue weighted by atomic mass is 9.74. The Kier molecular flexibility index (Phi) is 4.96. The minimum atomic E-state index is -0.558. The van der Waals surface area contributed by atoms with Crippen LogP contribution in [-0.4, -0.2) is 28.5 Å². The SMILES string of the molecule is N#CC1(c2ccccc2)CCN(C(=O)Cn2c(=O)sc3ccc(Cl)cc32)CC1. The number of fused-ring (bicyclic) bond motifs is 1. The van der Waals surface area contributed by atoms with Gasteiger partial charge in [-0.25, -0.2) is 0 Å². The van der Waals surface area contributed by atoms with Crippen LogP contribution in [0.1, 0.15) is 18.4 Å². The third kappa shape index (κ3) is 3.32. The highest BCUT2D eigenvalue weighted by Crippen LogP contribution is 2.35. The molecular formula is C21H18ClN3O2S. The highest BCUT2D eigenvalue weighted by Gasteiger charge is 2.37. The number of carbonyl (C=O) groups excluding carboxylic acids is 1. The number of carbonyl (C=O) groups is 1. The zero-order valence-electron chi connectivity index (χ0n) is 15.1. The zero-order valence-corrected chi connectivity index (χ0v) is 16.7. The molecule has 4 rings (SSSR count). The molecule has 1 aliphatic heterocycles. The Balaban J connectivity index is 1.51. The van der Waals surface area contributed by atoms with Gasteiger partial charge in [0, 0.05) is 18.1 Å². The van der Waals surface area contributed by atoms with Gasteiger partial charge in [0.1, 0.15) is 6.54 Å². The van der Waals surface area contributed by atoms with Gasteiger partial charge in [0.25, 0.3) is 0 Å². The van der Waals surface area contributed by atoms with Crippen LogP contribution < -0.4 is 4.87 Å². The van der Waals surface area contributed by atoms with Gasteiger partial charge in [-0.1, -0.05) is 53.3 Å². The molecule has 2 aromatic carbocycles. The van der Waals surface area contributed by atoms with Crippen LogP contribution in [0.3, 0.4) is 0 Å². The van der Waals surface area contributed by atoms with E-state index in [2.05, 4.69) is 6.07 Å². The fourth-order valence-corrected chi connectivity index (χ4v) is 4.82. The van der Waals surface area contributed by atoms with Crippen molar-refractivity contribution in [2.45, 2.75) is 24.8 Å². The molecule has 142 valence electrons. The molecular weight excluding hydrogens is 394 g/mol. The number of hydrogen-bond acceptors (Lipinski definition) is 4. The molecule has 1 aliphatic rings. The molecule has 1 amide bonds. The number of aromatic nitrogens is 1. The predicted octanol–water partition coefficient (Wildman–Crippen LogP) is 3.80. The second-order valence-corrected chi connectivity index (χ2v) is 8.44. The van der Waals surface area contributed by atoms with Crippen molar-refractivity contribution in [3.63, 3.8) is 0 Å². The van der Waals surface area contributed by atoms with Crippen molar-refractivity contribution in [3.8, 4) is 6.07 Å². The van der Waals surface area contributed by atoms with Crippen LogP contribution in [0.2, 0.25) is 5.02 Å². The Bertz CT molecular complexity index is 1120. The van der Waals surface area contributed by atoms with Crippen LogP contribution >= 0.6 is 22.9 Å². The third-order valence-corrected chi connectivity index (χ3v) is 6.63. The molecule has 0 saturated carbocycles. The number of thiazole rings is 1. The summed E-state index contributed by atoms with van der Waals surface area (Å²) in [5, 5.41) is 10.3. The molecule has 0 bridgehead atoms. The molecule has 0 aliphatic carbocycles. The van der Waals surface area contributed by atoms with Crippen LogP contribution in [-0.2, 0) is 16.8 Å². The summed E-state index contributed by atoms with van der Waals surface area (Å²) in [6, 6.07) is 17.5. The Labute approximate surface area is 171 Å². The molecule has 0 unspecified atom stereocenters. The normalized spacial score (nSPS) is 16.1. The molecule has 1 saturated heterocycles. The second-order valence-electron chi connectivity index (χ2n) is 7.01. The average Bonchev–Trinajstić information content (AvgIpc) is 3.03. The number of halogens is 1. The molecule has 3 aromatic rings. The van der Waals surface area contributed by atoms with Crippen LogP contribution in [0.4, 0.5) is 0 Å². The van der Waals surface area contributed by atoms with Gasteiger partial charge in [0.15, 0.2) is 0 Å². The lowest BCUT2D eigenvalue weighted by Crippen LogP contribution is -2.46. The van der Waals surface area contributed by atoms with E-state index in [1.807, 2.05) is 30.3 Å². The van der Waals surface area contributed by atoms with E-state index >= 15 is 0 Å². The van der Waals surface area contributed by atoms with E-state index in [9.17, 15) is 14.9 Å². The first-order valence-electron chi connectivity index (χ1n) is 9.06. The molecule has 1 aromatic heterocycles. The summed E-state index contributed by atoms with van der Waals surface area (Å²) in [5.74, 6) is -0.110. The number of nitriles is 1. The molecule has 1 fully saturated rings. The summed E-state index contributed by atoms with van der Waals surface area (Å²) in [4.78, 5) is 26.7. The molecule has 5 nitrogen and oxygen atoms in total. The lowest BCUT2D eigenvalue weighted by Gasteiger charge is -2.37. The van der Waals surface area contributed by atoms with Crippen LogP contribution in [0, 0.1) is 11.3 Å². The van der Waals surface area contributed by atoms with E-state index in [4.69, 9.17) is 11.6 Å². The summed E-state index contributed by atoms with van der Waals surface area (Å²) in [6.45, 7) is 0.988. The minimum Gasteiger partial charge on any atom is -0.341 e. The molecule has 0 N–H and O–H groups in total. The van der Waals surface area contributed by atoms with E-state index in [-0.39, 0.29) is 17.3 Å². The topological polar surface area (TPSA) is 66.1 Å². The van der Waals surface area contributed by atoms with Crippen LogP contribution in [0.5, 0.6) is 0 Å². The number of hydrogen-bond donors (Lipinski definition) is 0. The number of likely N-dealkylation sites (tertiary alicyclic amines) is 1. The molecule has 0 radical (unpaired) electrons. The van der Waals surface area contributed by atoms with Crippen molar-refractivity contribution >= 4 is 39.1 Å². The van der Waals surface area contributed by atoms with Crippen molar-refractivity contribution in [2.75, 3.05) is 13.1 Å². The zero-order chi connectivity index (χ0) is 19.7. The first kappa shape index (κ1) is 18.7.